The van der Waals surface area contributed by atoms with E-state index in [-0.39, 0.29) is 5.91 Å². The Morgan fingerprint density at radius 1 is 1.27 bits per heavy atom. The minimum atomic E-state index is -0.0247. The molecule has 1 aromatic rings. The van der Waals surface area contributed by atoms with Gasteiger partial charge in [-0.15, -0.1) is 0 Å². The Balaban J connectivity index is 2.68. The lowest BCUT2D eigenvalue weighted by Crippen LogP contribution is -2.13. The van der Waals surface area contributed by atoms with Gasteiger partial charge in [-0.05, 0) is 24.1 Å². The quantitative estimate of drug-likeness (QED) is 0.858. The summed E-state index contributed by atoms with van der Waals surface area (Å²) >= 11 is 11.6. The number of carbonyl (C=O) groups is 1. The van der Waals surface area contributed by atoms with Gasteiger partial charge in [-0.1, -0.05) is 37.0 Å². The molecular formula is C11H13Cl2NO. The van der Waals surface area contributed by atoms with E-state index in [0.29, 0.717) is 28.1 Å². The van der Waals surface area contributed by atoms with Crippen LogP contribution in [0.4, 0.5) is 5.69 Å². The summed E-state index contributed by atoms with van der Waals surface area (Å²) in [4.78, 5) is 11.4. The number of anilines is 1. The molecule has 0 atom stereocenters. The molecule has 0 fully saturated rings. The summed E-state index contributed by atoms with van der Waals surface area (Å²) in [5, 5.41) is 3.78. The maximum Gasteiger partial charge on any atom is 0.224 e. The number of benzene rings is 1. The third-order valence-corrected chi connectivity index (χ3v) is 2.18. The molecule has 0 aliphatic heterocycles. The van der Waals surface area contributed by atoms with Gasteiger partial charge >= 0.3 is 0 Å². The van der Waals surface area contributed by atoms with Crippen LogP contribution in [0, 0.1) is 5.92 Å². The topological polar surface area (TPSA) is 29.1 Å². The maximum atomic E-state index is 11.4. The van der Waals surface area contributed by atoms with Crippen LogP contribution in [0.15, 0.2) is 18.2 Å². The van der Waals surface area contributed by atoms with Gasteiger partial charge in [-0.25, -0.2) is 0 Å². The molecule has 0 unspecified atom stereocenters. The van der Waals surface area contributed by atoms with Gasteiger partial charge in [0.15, 0.2) is 0 Å². The zero-order chi connectivity index (χ0) is 11.4. The van der Waals surface area contributed by atoms with Gasteiger partial charge in [0, 0.05) is 22.2 Å². The van der Waals surface area contributed by atoms with Crippen molar-refractivity contribution in [3.05, 3.63) is 28.2 Å². The molecule has 0 saturated carbocycles. The summed E-state index contributed by atoms with van der Waals surface area (Å²) in [7, 11) is 0. The largest absolute Gasteiger partial charge is 0.326 e. The van der Waals surface area contributed by atoms with Gasteiger partial charge < -0.3 is 5.32 Å². The fraction of sp³-hybridized carbons (Fsp3) is 0.364. The second-order valence-electron chi connectivity index (χ2n) is 3.80. The average molecular weight is 246 g/mol. The van der Waals surface area contributed by atoms with Crippen LogP contribution in [0.1, 0.15) is 20.3 Å². The van der Waals surface area contributed by atoms with Gasteiger partial charge in [0.2, 0.25) is 5.91 Å². The Morgan fingerprint density at radius 2 is 1.80 bits per heavy atom. The Hall–Kier alpha value is -0.730. The Kier molecular flexibility index (Phi) is 4.43. The van der Waals surface area contributed by atoms with Crippen molar-refractivity contribution in [1.29, 1.82) is 0 Å². The molecule has 1 N–H and O–H groups in total. The van der Waals surface area contributed by atoms with Crippen LogP contribution in [-0.4, -0.2) is 5.91 Å². The van der Waals surface area contributed by atoms with Crippen LogP contribution in [-0.2, 0) is 4.79 Å². The molecule has 4 heteroatoms. The van der Waals surface area contributed by atoms with Crippen LogP contribution in [0.3, 0.4) is 0 Å². The van der Waals surface area contributed by atoms with Crippen LogP contribution in [0.2, 0.25) is 10.0 Å². The highest BCUT2D eigenvalue weighted by Crippen LogP contribution is 2.22. The van der Waals surface area contributed by atoms with Gasteiger partial charge in [-0.3, -0.25) is 4.79 Å². The number of hydrogen-bond donors (Lipinski definition) is 1. The molecular weight excluding hydrogens is 233 g/mol. The summed E-state index contributed by atoms with van der Waals surface area (Å²) in [6, 6.07) is 4.97. The first-order valence-electron chi connectivity index (χ1n) is 4.73. The molecule has 2 nitrogen and oxygen atoms in total. The zero-order valence-electron chi connectivity index (χ0n) is 8.68. The van der Waals surface area contributed by atoms with E-state index in [9.17, 15) is 4.79 Å². The van der Waals surface area contributed by atoms with Gasteiger partial charge in [-0.2, -0.15) is 0 Å². The normalized spacial score (nSPS) is 10.5. The van der Waals surface area contributed by atoms with Crippen molar-refractivity contribution in [2.45, 2.75) is 20.3 Å². The average Bonchev–Trinajstić information content (AvgIpc) is 1.98. The summed E-state index contributed by atoms with van der Waals surface area (Å²) in [5.74, 6) is 0.308. The molecule has 0 aliphatic carbocycles. The van der Waals surface area contributed by atoms with E-state index in [1.807, 2.05) is 13.8 Å². The van der Waals surface area contributed by atoms with Gasteiger partial charge in [0.25, 0.3) is 0 Å². The molecule has 15 heavy (non-hydrogen) atoms. The van der Waals surface area contributed by atoms with Crippen molar-refractivity contribution in [3.63, 3.8) is 0 Å². The van der Waals surface area contributed by atoms with Crippen molar-refractivity contribution in [2.24, 2.45) is 5.92 Å². The lowest BCUT2D eigenvalue weighted by molar-refractivity contribution is -0.116. The first-order chi connectivity index (χ1) is 6.97. The van der Waals surface area contributed by atoms with Crippen LogP contribution >= 0.6 is 23.2 Å². The molecule has 1 amide bonds. The monoisotopic (exact) mass is 245 g/mol. The van der Waals surface area contributed by atoms with Gasteiger partial charge in [0.05, 0.1) is 0 Å². The smallest absolute Gasteiger partial charge is 0.224 e. The second-order valence-corrected chi connectivity index (χ2v) is 4.68. The molecule has 0 aliphatic rings. The van der Waals surface area contributed by atoms with E-state index >= 15 is 0 Å². The standard InChI is InChI=1S/C11H13Cl2NO/c1-7(2)3-11(15)14-10-5-8(12)4-9(13)6-10/h4-7H,3H2,1-2H3,(H,14,15). The molecule has 0 bridgehead atoms. The molecule has 0 radical (unpaired) electrons. The van der Waals surface area contributed by atoms with Crippen molar-refractivity contribution in [2.75, 3.05) is 5.32 Å². The van der Waals surface area contributed by atoms with Crippen molar-refractivity contribution in [3.8, 4) is 0 Å². The number of carbonyl (C=O) groups excluding carboxylic acids is 1. The first kappa shape index (κ1) is 12.3. The predicted molar refractivity (Wildman–Crippen MR) is 64.5 cm³/mol. The highest BCUT2D eigenvalue weighted by Gasteiger charge is 2.06. The third kappa shape index (κ3) is 4.54. The van der Waals surface area contributed by atoms with E-state index in [1.165, 1.54) is 0 Å². The third-order valence-electron chi connectivity index (χ3n) is 1.74. The SMILES string of the molecule is CC(C)CC(=O)Nc1cc(Cl)cc(Cl)c1. The summed E-state index contributed by atoms with van der Waals surface area (Å²) < 4.78 is 0. The minimum absolute atomic E-state index is 0.0247. The number of hydrogen-bond acceptors (Lipinski definition) is 1. The van der Waals surface area contributed by atoms with Crippen LogP contribution < -0.4 is 5.32 Å². The minimum Gasteiger partial charge on any atom is -0.326 e. The molecule has 0 aromatic heterocycles. The predicted octanol–water partition coefficient (Wildman–Crippen LogP) is 3.98. The fourth-order valence-electron chi connectivity index (χ4n) is 1.21. The summed E-state index contributed by atoms with van der Waals surface area (Å²) in [6.45, 7) is 3.98. The Bertz CT molecular complexity index is 343. The molecule has 0 spiro atoms. The number of nitrogens with one attached hydrogen (secondary N) is 1. The zero-order valence-corrected chi connectivity index (χ0v) is 10.2. The summed E-state index contributed by atoms with van der Waals surface area (Å²) in [6.07, 6.45) is 0.490. The van der Waals surface area contributed by atoms with Crippen LogP contribution in [0.25, 0.3) is 0 Å². The second kappa shape index (κ2) is 5.38. The number of amides is 1. The first-order valence-corrected chi connectivity index (χ1v) is 5.49. The van der Waals surface area contributed by atoms with E-state index < -0.39 is 0 Å². The molecule has 1 rings (SSSR count). The Labute approximate surface area is 99.6 Å². The van der Waals surface area contributed by atoms with Crippen molar-refractivity contribution < 1.29 is 4.79 Å². The number of rotatable bonds is 3. The van der Waals surface area contributed by atoms with E-state index in [0.717, 1.165) is 0 Å². The fourth-order valence-corrected chi connectivity index (χ4v) is 1.73. The van der Waals surface area contributed by atoms with Crippen LogP contribution in [0.5, 0.6) is 0 Å². The van der Waals surface area contributed by atoms with E-state index in [2.05, 4.69) is 5.32 Å². The van der Waals surface area contributed by atoms with Crippen molar-refractivity contribution in [1.82, 2.24) is 0 Å². The van der Waals surface area contributed by atoms with E-state index in [1.54, 1.807) is 18.2 Å². The molecule has 0 heterocycles. The van der Waals surface area contributed by atoms with E-state index in [4.69, 9.17) is 23.2 Å². The van der Waals surface area contributed by atoms with Gasteiger partial charge in [0.1, 0.15) is 0 Å². The summed E-state index contributed by atoms with van der Waals surface area (Å²) in [5.41, 5.74) is 0.637. The molecule has 82 valence electrons. The highest BCUT2D eigenvalue weighted by atomic mass is 35.5. The molecule has 1 aromatic carbocycles. The lowest BCUT2D eigenvalue weighted by Gasteiger charge is -2.07. The number of halogens is 2. The van der Waals surface area contributed by atoms with Crippen molar-refractivity contribution >= 4 is 34.8 Å². The molecule has 0 saturated heterocycles. The maximum absolute atomic E-state index is 11.4. The lowest BCUT2D eigenvalue weighted by atomic mass is 10.1. The highest BCUT2D eigenvalue weighted by molar-refractivity contribution is 6.35. The Morgan fingerprint density at radius 3 is 2.27 bits per heavy atom.